The molecule has 6 heteroatoms. The van der Waals surface area contributed by atoms with E-state index in [4.69, 9.17) is 4.74 Å². The van der Waals surface area contributed by atoms with Crippen molar-refractivity contribution in [2.45, 2.75) is 450 Å². The number of carbonyl (C=O) groups excluding carboxylic acids is 2. The van der Waals surface area contributed by atoms with Gasteiger partial charge in [0.05, 0.1) is 25.4 Å². The van der Waals surface area contributed by atoms with Crippen molar-refractivity contribution in [3.8, 4) is 0 Å². The third-order valence-corrected chi connectivity index (χ3v) is 18.7. The summed E-state index contributed by atoms with van der Waals surface area (Å²) in [6.07, 6.45) is 106. The first-order valence-corrected chi connectivity index (χ1v) is 40.6. The number of aliphatic hydroxyl groups excluding tert-OH is 2. The molecule has 0 aliphatic heterocycles. The Bertz CT molecular complexity index is 1550. The third kappa shape index (κ3) is 74.6. The van der Waals surface area contributed by atoms with Crippen LogP contribution in [0.15, 0.2) is 60.8 Å². The molecule has 0 saturated heterocycles. The molecule has 0 aromatic carbocycles. The van der Waals surface area contributed by atoms with Crippen molar-refractivity contribution in [2.75, 3.05) is 13.2 Å². The molecule has 0 fully saturated rings. The minimum Gasteiger partial charge on any atom is -0.466 e. The normalized spacial score (nSPS) is 12.8. The summed E-state index contributed by atoms with van der Waals surface area (Å²) in [5.74, 6) is -0.0561. The predicted molar refractivity (Wildman–Crippen MR) is 398 cm³/mol. The monoisotopic (exact) mass is 1260 g/mol. The van der Waals surface area contributed by atoms with Crippen LogP contribution in [0.4, 0.5) is 0 Å². The molecule has 0 heterocycles. The fourth-order valence-electron chi connectivity index (χ4n) is 12.6. The van der Waals surface area contributed by atoms with Crippen LogP contribution in [0, 0.1) is 0 Å². The summed E-state index contributed by atoms with van der Waals surface area (Å²) >= 11 is 0. The molecule has 0 rings (SSSR count). The van der Waals surface area contributed by atoms with Crippen LogP contribution >= 0.6 is 0 Å². The molecule has 2 unspecified atom stereocenters. The number of ether oxygens (including phenoxy) is 1. The molecule has 6 nitrogen and oxygen atoms in total. The van der Waals surface area contributed by atoms with Crippen molar-refractivity contribution in [1.82, 2.24) is 5.32 Å². The molecule has 0 aromatic heterocycles. The van der Waals surface area contributed by atoms with Gasteiger partial charge in [0.2, 0.25) is 5.91 Å². The SMILES string of the molecule is CCC/C=C\C/C=C\CCCCCCCC(=O)OCCCCCCCCCCCCCCCCC/C=C\C/C=C\CCCCCCCCCCCCCCCCCCCC(=O)NC(CO)C(O)/C=C/CCCCCCCCCCCCCCCCCCCCC. The van der Waals surface area contributed by atoms with Gasteiger partial charge in [0.15, 0.2) is 0 Å². The number of esters is 1. The summed E-state index contributed by atoms with van der Waals surface area (Å²) in [4.78, 5) is 24.6. The van der Waals surface area contributed by atoms with E-state index in [1.165, 1.54) is 353 Å². The van der Waals surface area contributed by atoms with Gasteiger partial charge in [-0.3, -0.25) is 9.59 Å². The first-order valence-electron chi connectivity index (χ1n) is 40.6. The largest absolute Gasteiger partial charge is 0.466 e. The zero-order chi connectivity index (χ0) is 64.9. The maximum atomic E-state index is 12.5. The number of carbonyl (C=O) groups is 2. The van der Waals surface area contributed by atoms with Gasteiger partial charge in [0.1, 0.15) is 0 Å². The third-order valence-electron chi connectivity index (χ3n) is 18.7. The number of unbranched alkanes of at least 4 members (excludes halogenated alkanes) is 57. The van der Waals surface area contributed by atoms with Gasteiger partial charge >= 0.3 is 5.97 Å². The van der Waals surface area contributed by atoms with Crippen LogP contribution in [-0.4, -0.2) is 47.4 Å². The van der Waals surface area contributed by atoms with Crippen molar-refractivity contribution in [3.05, 3.63) is 60.8 Å². The van der Waals surface area contributed by atoms with Gasteiger partial charge in [-0.25, -0.2) is 0 Å². The molecule has 0 aromatic rings. The minimum absolute atomic E-state index is 0.00482. The fraction of sp³-hybridized carbons (Fsp3) is 0.857. The lowest BCUT2D eigenvalue weighted by Crippen LogP contribution is -2.45. The van der Waals surface area contributed by atoms with Crippen molar-refractivity contribution >= 4 is 11.9 Å². The molecule has 0 bridgehead atoms. The molecule has 3 N–H and O–H groups in total. The lowest BCUT2D eigenvalue weighted by Gasteiger charge is -2.20. The number of rotatable bonds is 76. The molecule has 0 aliphatic rings. The van der Waals surface area contributed by atoms with Crippen LogP contribution in [0.3, 0.4) is 0 Å². The highest BCUT2D eigenvalue weighted by atomic mass is 16.5. The van der Waals surface area contributed by atoms with E-state index in [1.807, 2.05) is 6.08 Å². The second-order valence-electron chi connectivity index (χ2n) is 27.7. The maximum absolute atomic E-state index is 12.5. The highest BCUT2D eigenvalue weighted by Gasteiger charge is 2.18. The van der Waals surface area contributed by atoms with E-state index in [2.05, 4.69) is 67.8 Å². The number of aliphatic hydroxyl groups is 2. The van der Waals surface area contributed by atoms with Gasteiger partial charge in [-0.05, 0) is 89.9 Å². The highest BCUT2D eigenvalue weighted by Crippen LogP contribution is 2.19. The van der Waals surface area contributed by atoms with Crippen LogP contribution < -0.4 is 5.32 Å². The molecule has 2 atom stereocenters. The van der Waals surface area contributed by atoms with E-state index in [0.29, 0.717) is 19.4 Å². The average molecular weight is 1260 g/mol. The van der Waals surface area contributed by atoms with Crippen LogP contribution in [-0.2, 0) is 14.3 Å². The van der Waals surface area contributed by atoms with Crippen molar-refractivity contribution < 1.29 is 24.5 Å². The number of hydrogen-bond donors (Lipinski definition) is 3. The molecule has 0 saturated carbocycles. The van der Waals surface area contributed by atoms with Gasteiger partial charge in [-0.15, -0.1) is 0 Å². The van der Waals surface area contributed by atoms with Gasteiger partial charge in [0, 0.05) is 12.8 Å². The molecule has 1 amide bonds. The Balaban J connectivity index is 3.38. The van der Waals surface area contributed by atoms with E-state index in [1.54, 1.807) is 6.08 Å². The van der Waals surface area contributed by atoms with Gasteiger partial charge in [-0.1, -0.05) is 396 Å². The van der Waals surface area contributed by atoms with E-state index >= 15 is 0 Å². The lowest BCUT2D eigenvalue weighted by molar-refractivity contribution is -0.143. The topological polar surface area (TPSA) is 95.9 Å². The van der Waals surface area contributed by atoms with Crippen molar-refractivity contribution in [2.24, 2.45) is 0 Å². The zero-order valence-corrected chi connectivity index (χ0v) is 60.6. The van der Waals surface area contributed by atoms with Crippen molar-refractivity contribution in [1.29, 1.82) is 0 Å². The second kappa shape index (κ2) is 79.0. The molecule has 528 valence electrons. The number of amides is 1. The Morgan fingerprint density at radius 3 is 0.889 bits per heavy atom. The van der Waals surface area contributed by atoms with Crippen LogP contribution in [0.2, 0.25) is 0 Å². The first-order chi connectivity index (χ1) is 44.5. The Labute approximate surface area is 562 Å². The summed E-state index contributed by atoms with van der Waals surface area (Å²) in [5.41, 5.74) is 0. The fourth-order valence-corrected chi connectivity index (χ4v) is 12.6. The maximum Gasteiger partial charge on any atom is 0.305 e. The Kier molecular flexibility index (Phi) is 76.9. The summed E-state index contributed by atoms with van der Waals surface area (Å²) in [7, 11) is 0. The Morgan fingerprint density at radius 2 is 0.578 bits per heavy atom. The minimum atomic E-state index is -0.844. The van der Waals surface area contributed by atoms with Crippen LogP contribution in [0.5, 0.6) is 0 Å². The number of nitrogens with one attached hydrogen (secondary N) is 1. The van der Waals surface area contributed by atoms with E-state index in [9.17, 15) is 19.8 Å². The van der Waals surface area contributed by atoms with Crippen LogP contribution in [0.1, 0.15) is 438 Å². The molecular formula is C84H157NO5. The smallest absolute Gasteiger partial charge is 0.305 e. The molecular weight excluding hydrogens is 1100 g/mol. The summed E-state index contributed by atoms with van der Waals surface area (Å²) in [5, 5.41) is 23.3. The van der Waals surface area contributed by atoms with Crippen LogP contribution in [0.25, 0.3) is 0 Å². The highest BCUT2D eigenvalue weighted by molar-refractivity contribution is 5.76. The first kappa shape index (κ1) is 87.6. The molecule has 0 radical (unpaired) electrons. The summed E-state index contributed by atoms with van der Waals surface area (Å²) < 4.78 is 5.48. The van der Waals surface area contributed by atoms with Gasteiger partial charge in [-0.2, -0.15) is 0 Å². The molecule has 90 heavy (non-hydrogen) atoms. The zero-order valence-electron chi connectivity index (χ0n) is 60.6. The number of allylic oxidation sites excluding steroid dienone is 9. The Hall–Kier alpha value is -2.44. The standard InChI is InChI=1S/C84H157NO5/c1-3-5-7-9-11-13-15-17-18-19-20-40-43-46-49-53-56-60-64-68-72-76-82(87)81(80-86)85-83(88)77-73-69-65-61-57-54-50-47-44-41-38-36-34-32-30-28-26-24-22-21-23-25-27-29-31-33-35-37-39-42-45-48-51-55-59-63-67-71-75-79-90-84(89)78-74-70-66-62-58-52-16-14-12-10-8-6-4-2/h8,10,14,16,21-22,25,27,72,76,81-82,86-87H,3-7,9,11-13,15,17-20,23-24,26,28-71,73-75,77-80H2,1-2H3,(H,85,88)/b10-8-,16-14-,22-21-,27-25-,76-72+. The summed E-state index contributed by atoms with van der Waals surface area (Å²) in [6.45, 7) is 4.87. The molecule has 0 spiro atoms. The average Bonchev–Trinajstić information content (AvgIpc) is 3.70. The number of hydrogen-bond acceptors (Lipinski definition) is 5. The predicted octanol–water partition coefficient (Wildman–Crippen LogP) is 26.9. The Morgan fingerprint density at radius 1 is 0.311 bits per heavy atom. The van der Waals surface area contributed by atoms with Gasteiger partial charge < -0.3 is 20.3 Å². The molecule has 0 aliphatic carbocycles. The van der Waals surface area contributed by atoms with Gasteiger partial charge in [0.25, 0.3) is 0 Å². The lowest BCUT2D eigenvalue weighted by atomic mass is 10.0. The second-order valence-corrected chi connectivity index (χ2v) is 27.7. The summed E-state index contributed by atoms with van der Waals surface area (Å²) in [6, 6.07) is -0.627. The quantitative estimate of drug-likeness (QED) is 0.0320. The van der Waals surface area contributed by atoms with Crippen molar-refractivity contribution in [3.63, 3.8) is 0 Å². The van der Waals surface area contributed by atoms with E-state index in [-0.39, 0.29) is 18.5 Å². The van der Waals surface area contributed by atoms with E-state index in [0.717, 1.165) is 57.8 Å². The van der Waals surface area contributed by atoms with E-state index < -0.39 is 12.1 Å².